The Bertz CT molecular complexity index is 696. The first-order chi connectivity index (χ1) is 11.7. The van der Waals surface area contributed by atoms with E-state index in [1.54, 1.807) is 12.1 Å². The van der Waals surface area contributed by atoms with Gasteiger partial charge < -0.3 is 18.9 Å². The van der Waals surface area contributed by atoms with Crippen LogP contribution in [0.4, 0.5) is 0 Å². The van der Waals surface area contributed by atoms with E-state index >= 15 is 0 Å². The number of methoxy groups -OCH3 is 1. The summed E-state index contributed by atoms with van der Waals surface area (Å²) in [5.74, 6) is -0.117. The van der Waals surface area contributed by atoms with Crippen molar-refractivity contribution in [3.8, 4) is 5.75 Å². The molecule has 0 aromatic heterocycles. The van der Waals surface area contributed by atoms with E-state index in [2.05, 4.69) is 0 Å². The number of carbonyl (C=O) groups is 1. The van der Waals surface area contributed by atoms with Crippen molar-refractivity contribution in [1.82, 2.24) is 0 Å². The van der Waals surface area contributed by atoms with Crippen LogP contribution in [-0.2, 0) is 14.2 Å². The lowest BCUT2D eigenvalue weighted by Crippen LogP contribution is -2.36. The summed E-state index contributed by atoms with van der Waals surface area (Å²) >= 11 is 5.93. The fourth-order valence-electron chi connectivity index (χ4n) is 2.41. The summed E-state index contributed by atoms with van der Waals surface area (Å²) in [5.41, 5.74) is 1.23. The first-order valence-electron chi connectivity index (χ1n) is 7.50. The van der Waals surface area contributed by atoms with Crippen LogP contribution in [0.15, 0.2) is 48.5 Å². The Kier molecular flexibility index (Phi) is 5.35. The molecule has 24 heavy (non-hydrogen) atoms. The molecule has 2 aromatic rings. The molecule has 1 aliphatic rings. The number of hydrogen-bond acceptors (Lipinski definition) is 5. The molecule has 5 nitrogen and oxygen atoms in total. The minimum Gasteiger partial charge on any atom is -0.485 e. The van der Waals surface area contributed by atoms with Crippen molar-refractivity contribution in [2.45, 2.75) is 12.4 Å². The van der Waals surface area contributed by atoms with Gasteiger partial charge in [-0.1, -0.05) is 41.9 Å². The van der Waals surface area contributed by atoms with Crippen molar-refractivity contribution >= 4 is 17.6 Å². The van der Waals surface area contributed by atoms with Gasteiger partial charge in [0.1, 0.15) is 17.4 Å². The van der Waals surface area contributed by atoms with Gasteiger partial charge in [0.2, 0.25) is 0 Å². The van der Waals surface area contributed by atoms with E-state index < -0.39 is 12.3 Å². The van der Waals surface area contributed by atoms with Crippen LogP contribution >= 0.6 is 11.6 Å². The van der Waals surface area contributed by atoms with E-state index in [9.17, 15) is 4.79 Å². The van der Waals surface area contributed by atoms with Crippen molar-refractivity contribution in [3.63, 3.8) is 0 Å². The van der Waals surface area contributed by atoms with E-state index in [0.29, 0.717) is 24.0 Å². The molecule has 0 bridgehead atoms. The molecule has 0 atom stereocenters. The van der Waals surface area contributed by atoms with Crippen LogP contribution in [0.25, 0.3) is 0 Å². The van der Waals surface area contributed by atoms with Crippen LogP contribution in [0, 0.1) is 0 Å². The fraction of sp³-hybridized carbons (Fsp3) is 0.278. The topological polar surface area (TPSA) is 54.0 Å². The van der Waals surface area contributed by atoms with Crippen molar-refractivity contribution in [2.75, 3.05) is 20.3 Å². The molecule has 0 saturated carbocycles. The second-order valence-corrected chi connectivity index (χ2v) is 5.72. The van der Waals surface area contributed by atoms with Gasteiger partial charge in [0.15, 0.2) is 6.29 Å². The monoisotopic (exact) mass is 348 g/mol. The first-order valence-corrected chi connectivity index (χ1v) is 7.88. The van der Waals surface area contributed by atoms with Crippen molar-refractivity contribution in [3.05, 3.63) is 64.7 Å². The van der Waals surface area contributed by atoms with Gasteiger partial charge in [-0.05, 0) is 18.2 Å². The van der Waals surface area contributed by atoms with Crippen LogP contribution < -0.4 is 4.74 Å². The van der Waals surface area contributed by atoms with Crippen molar-refractivity contribution in [2.24, 2.45) is 0 Å². The molecule has 1 fully saturated rings. The average molecular weight is 349 g/mol. The summed E-state index contributed by atoms with van der Waals surface area (Å²) < 4.78 is 22.0. The Labute approximate surface area is 145 Å². The van der Waals surface area contributed by atoms with Gasteiger partial charge in [0.25, 0.3) is 0 Å². The molecule has 3 rings (SSSR count). The number of carbonyl (C=O) groups excluding carboxylic acids is 1. The maximum absolute atomic E-state index is 11.8. The molecule has 126 valence electrons. The Morgan fingerprint density at radius 2 is 1.83 bits per heavy atom. The molecule has 0 amide bonds. The lowest BCUT2D eigenvalue weighted by atomic mass is 10.2. The van der Waals surface area contributed by atoms with E-state index in [1.807, 2.05) is 30.3 Å². The second kappa shape index (κ2) is 7.66. The third-order valence-electron chi connectivity index (χ3n) is 3.58. The Morgan fingerprint density at radius 3 is 2.50 bits per heavy atom. The number of halogens is 1. The third kappa shape index (κ3) is 3.87. The van der Waals surface area contributed by atoms with Crippen LogP contribution in [-0.4, -0.2) is 32.4 Å². The molecule has 0 N–H and O–H groups in total. The molecule has 1 saturated heterocycles. The summed E-state index contributed by atoms with van der Waals surface area (Å²) in [7, 11) is 1.31. The molecular formula is C18H17ClO5. The minimum absolute atomic E-state index is 0.273. The molecule has 6 heteroatoms. The molecule has 1 heterocycles. The molecule has 0 radical (unpaired) electrons. The summed E-state index contributed by atoms with van der Waals surface area (Å²) in [6.07, 6.45) is -0.731. The lowest BCUT2D eigenvalue weighted by Gasteiger charge is -2.30. The van der Waals surface area contributed by atoms with Crippen molar-refractivity contribution in [1.29, 1.82) is 0 Å². The molecule has 0 unspecified atom stereocenters. The van der Waals surface area contributed by atoms with Gasteiger partial charge in [-0.2, -0.15) is 0 Å². The maximum Gasteiger partial charge on any atom is 0.341 e. The molecule has 2 aromatic carbocycles. The zero-order valence-electron chi connectivity index (χ0n) is 13.1. The Balaban J connectivity index is 1.65. The van der Waals surface area contributed by atoms with Gasteiger partial charge in [-0.25, -0.2) is 4.79 Å². The standard InChI is InChI=1S/C18H17ClO5/c1-21-17(20)15-9-13(19)7-8-16(15)24-14-10-22-18(23-11-14)12-5-3-2-4-6-12/h2-9,14,18H,10-11H2,1H3. The Hall–Kier alpha value is -2.08. The smallest absolute Gasteiger partial charge is 0.341 e. The zero-order valence-corrected chi connectivity index (χ0v) is 13.9. The predicted octanol–water partition coefficient (Wildman–Crippen LogP) is 3.62. The highest BCUT2D eigenvalue weighted by Crippen LogP contribution is 2.28. The minimum atomic E-state index is -0.507. The average Bonchev–Trinajstić information content (AvgIpc) is 2.64. The molecular weight excluding hydrogens is 332 g/mol. The highest BCUT2D eigenvalue weighted by molar-refractivity contribution is 6.31. The van der Waals surface area contributed by atoms with Crippen LogP contribution in [0.5, 0.6) is 5.75 Å². The van der Waals surface area contributed by atoms with E-state index in [0.717, 1.165) is 5.56 Å². The fourth-order valence-corrected chi connectivity index (χ4v) is 2.58. The predicted molar refractivity (Wildman–Crippen MR) is 88.3 cm³/mol. The molecule has 1 aliphatic heterocycles. The van der Waals surface area contributed by atoms with E-state index in [4.69, 9.17) is 30.5 Å². The Morgan fingerprint density at radius 1 is 1.12 bits per heavy atom. The third-order valence-corrected chi connectivity index (χ3v) is 3.81. The molecule has 0 spiro atoms. The van der Waals surface area contributed by atoms with Crippen LogP contribution in [0.2, 0.25) is 5.02 Å². The number of hydrogen-bond donors (Lipinski definition) is 0. The largest absolute Gasteiger partial charge is 0.485 e. The summed E-state index contributed by atoms with van der Waals surface area (Å²) in [6.45, 7) is 0.700. The van der Waals surface area contributed by atoms with Crippen LogP contribution in [0.1, 0.15) is 22.2 Å². The normalized spacial score (nSPS) is 20.4. The van der Waals surface area contributed by atoms with E-state index in [1.165, 1.54) is 13.2 Å². The van der Waals surface area contributed by atoms with Crippen LogP contribution in [0.3, 0.4) is 0 Å². The number of rotatable bonds is 4. The summed E-state index contributed by atoms with van der Waals surface area (Å²) in [4.78, 5) is 11.8. The first kappa shape index (κ1) is 16.8. The SMILES string of the molecule is COC(=O)c1cc(Cl)ccc1OC1COC(c2ccccc2)OC1. The quantitative estimate of drug-likeness (QED) is 0.790. The second-order valence-electron chi connectivity index (χ2n) is 5.28. The van der Waals surface area contributed by atoms with E-state index in [-0.39, 0.29) is 11.7 Å². The molecule has 0 aliphatic carbocycles. The lowest BCUT2D eigenvalue weighted by molar-refractivity contribution is -0.215. The highest BCUT2D eigenvalue weighted by Gasteiger charge is 2.26. The highest BCUT2D eigenvalue weighted by atomic mass is 35.5. The van der Waals surface area contributed by atoms with Gasteiger partial charge in [-0.15, -0.1) is 0 Å². The van der Waals surface area contributed by atoms with Gasteiger partial charge in [-0.3, -0.25) is 0 Å². The number of esters is 1. The number of benzene rings is 2. The summed E-state index contributed by atoms with van der Waals surface area (Å²) in [5, 5.41) is 0.433. The van der Waals surface area contributed by atoms with Gasteiger partial charge in [0.05, 0.1) is 20.3 Å². The summed E-state index contributed by atoms with van der Waals surface area (Å²) in [6, 6.07) is 14.5. The maximum atomic E-state index is 11.8. The van der Waals surface area contributed by atoms with Gasteiger partial charge >= 0.3 is 5.97 Å². The number of ether oxygens (including phenoxy) is 4. The zero-order chi connectivity index (χ0) is 16.9. The van der Waals surface area contributed by atoms with Crippen molar-refractivity contribution < 1.29 is 23.7 Å². The van der Waals surface area contributed by atoms with Gasteiger partial charge in [0, 0.05) is 10.6 Å².